The molecule has 1 aromatic rings. The number of hydrogen-bond acceptors (Lipinski definition) is 5. The highest BCUT2D eigenvalue weighted by molar-refractivity contribution is 5.14. The van der Waals surface area contributed by atoms with E-state index in [9.17, 15) is 0 Å². The first kappa shape index (κ1) is 16.1. The third-order valence-electron chi connectivity index (χ3n) is 2.74. The fourth-order valence-corrected chi connectivity index (χ4v) is 1.65. The van der Waals surface area contributed by atoms with Crippen molar-refractivity contribution >= 4 is 0 Å². The van der Waals surface area contributed by atoms with Crippen molar-refractivity contribution in [2.24, 2.45) is 0 Å². The fourth-order valence-electron chi connectivity index (χ4n) is 1.65. The maximum absolute atomic E-state index is 5.42. The highest BCUT2D eigenvalue weighted by Crippen LogP contribution is 2.05. The van der Waals surface area contributed by atoms with Gasteiger partial charge in [-0.1, -0.05) is 0 Å². The van der Waals surface area contributed by atoms with E-state index in [1.165, 1.54) is 5.56 Å². The number of aromatic nitrogens is 2. The predicted octanol–water partition coefficient (Wildman–Crippen LogP) is 0.591. The van der Waals surface area contributed by atoms with Gasteiger partial charge in [0.1, 0.15) is 0 Å². The highest BCUT2D eigenvalue weighted by Gasteiger charge is 2.04. The standard InChI is InChI=1S/C13H25N3O3/c1-12-13(10-14-4-6-17-2)11-16(15-12)5-7-19-9-8-18-3/h11,14H,4-10H2,1-3H3. The lowest BCUT2D eigenvalue weighted by Gasteiger charge is -2.03. The van der Waals surface area contributed by atoms with Gasteiger partial charge in [-0.25, -0.2) is 0 Å². The number of nitrogens with zero attached hydrogens (tertiary/aromatic N) is 2. The summed E-state index contributed by atoms with van der Waals surface area (Å²) in [5, 5.41) is 7.78. The molecule has 0 aliphatic heterocycles. The summed E-state index contributed by atoms with van der Waals surface area (Å²) in [6, 6.07) is 0. The van der Waals surface area contributed by atoms with Crippen LogP contribution in [-0.2, 0) is 27.3 Å². The number of nitrogens with one attached hydrogen (secondary N) is 1. The third-order valence-corrected chi connectivity index (χ3v) is 2.74. The lowest BCUT2D eigenvalue weighted by Crippen LogP contribution is -2.18. The molecule has 0 aliphatic rings. The number of rotatable bonds is 11. The summed E-state index contributed by atoms with van der Waals surface area (Å²) in [7, 11) is 3.37. The summed E-state index contributed by atoms with van der Waals surface area (Å²) in [6.45, 7) is 7.09. The Morgan fingerprint density at radius 1 is 1.16 bits per heavy atom. The van der Waals surface area contributed by atoms with Crippen molar-refractivity contribution in [3.63, 3.8) is 0 Å². The molecule has 0 bridgehead atoms. The molecule has 1 N–H and O–H groups in total. The van der Waals surface area contributed by atoms with Crippen molar-refractivity contribution in [3.8, 4) is 0 Å². The number of methoxy groups -OCH3 is 2. The lowest BCUT2D eigenvalue weighted by atomic mass is 10.2. The molecule has 1 rings (SSSR count). The molecule has 6 nitrogen and oxygen atoms in total. The van der Waals surface area contributed by atoms with E-state index in [4.69, 9.17) is 14.2 Å². The molecule has 1 aromatic heterocycles. The molecule has 110 valence electrons. The van der Waals surface area contributed by atoms with Crippen molar-refractivity contribution in [3.05, 3.63) is 17.5 Å². The van der Waals surface area contributed by atoms with Crippen molar-refractivity contribution in [1.29, 1.82) is 0 Å². The quantitative estimate of drug-likeness (QED) is 0.597. The fraction of sp³-hybridized carbons (Fsp3) is 0.769. The molecule has 0 amide bonds. The van der Waals surface area contributed by atoms with Crippen LogP contribution in [0.1, 0.15) is 11.3 Å². The summed E-state index contributed by atoms with van der Waals surface area (Å²) in [4.78, 5) is 0. The molecule has 0 saturated heterocycles. The molecular formula is C13H25N3O3. The molecule has 0 aliphatic carbocycles. The molecule has 0 spiro atoms. The van der Waals surface area contributed by atoms with E-state index >= 15 is 0 Å². The van der Waals surface area contributed by atoms with Gasteiger partial charge < -0.3 is 19.5 Å². The van der Waals surface area contributed by atoms with Gasteiger partial charge in [0.2, 0.25) is 0 Å². The zero-order chi connectivity index (χ0) is 13.9. The molecule has 0 saturated carbocycles. The van der Waals surface area contributed by atoms with E-state index in [1.807, 2.05) is 11.6 Å². The van der Waals surface area contributed by atoms with E-state index in [1.54, 1.807) is 14.2 Å². The van der Waals surface area contributed by atoms with Gasteiger partial charge in [-0.3, -0.25) is 4.68 Å². The Labute approximate surface area is 115 Å². The highest BCUT2D eigenvalue weighted by atomic mass is 16.5. The zero-order valence-corrected chi connectivity index (χ0v) is 12.1. The van der Waals surface area contributed by atoms with Crippen LogP contribution in [0.15, 0.2) is 6.20 Å². The van der Waals surface area contributed by atoms with Crippen LogP contribution in [-0.4, -0.2) is 57.0 Å². The Kier molecular flexibility index (Phi) is 8.40. The van der Waals surface area contributed by atoms with Crippen molar-refractivity contribution in [1.82, 2.24) is 15.1 Å². The summed E-state index contributed by atoms with van der Waals surface area (Å²) in [5.41, 5.74) is 2.27. The second-order valence-electron chi connectivity index (χ2n) is 4.28. The van der Waals surface area contributed by atoms with Crippen LogP contribution in [0.4, 0.5) is 0 Å². The van der Waals surface area contributed by atoms with Gasteiger partial charge in [0.15, 0.2) is 0 Å². The van der Waals surface area contributed by atoms with Crippen LogP contribution in [0, 0.1) is 6.92 Å². The summed E-state index contributed by atoms with van der Waals surface area (Å²) in [6.07, 6.45) is 2.06. The van der Waals surface area contributed by atoms with Gasteiger partial charge in [0.05, 0.1) is 38.7 Å². The summed E-state index contributed by atoms with van der Waals surface area (Å²) in [5.74, 6) is 0. The van der Waals surface area contributed by atoms with Gasteiger partial charge in [-0.05, 0) is 6.92 Å². The van der Waals surface area contributed by atoms with Crippen molar-refractivity contribution < 1.29 is 14.2 Å². The second kappa shape index (κ2) is 9.91. The molecular weight excluding hydrogens is 246 g/mol. The molecule has 6 heteroatoms. The maximum atomic E-state index is 5.42. The monoisotopic (exact) mass is 271 g/mol. The van der Waals surface area contributed by atoms with Gasteiger partial charge in [-0.15, -0.1) is 0 Å². The van der Waals surface area contributed by atoms with Gasteiger partial charge in [-0.2, -0.15) is 5.10 Å². The minimum atomic E-state index is 0.627. The van der Waals surface area contributed by atoms with Crippen LogP contribution in [0.3, 0.4) is 0 Å². The Morgan fingerprint density at radius 3 is 2.68 bits per heavy atom. The van der Waals surface area contributed by atoms with Crippen LogP contribution in [0.25, 0.3) is 0 Å². The Hall–Kier alpha value is -0.950. The van der Waals surface area contributed by atoms with Gasteiger partial charge in [0.25, 0.3) is 0 Å². The van der Waals surface area contributed by atoms with E-state index < -0.39 is 0 Å². The third kappa shape index (κ3) is 6.68. The minimum Gasteiger partial charge on any atom is -0.383 e. The number of ether oxygens (including phenoxy) is 3. The Balaban J connectivity index is 2.24. The zero-order valence-electron chi connectivity index (χ0n) is 12.1. The minimum absolute atomic E-state index is 0.627. The first-order valence-corrected chi connectivity index (χ1v) is 6.57. The van der Waals surface area contributed by atoms with Crippen molar-refractivity contribution in [2.75, 3.05) is 47.2 Å². The largest absolute Gasteiger partial charge is 0.383 e. The second-order valence-corrected chi connectivity index (χ2v) is 4.28. The molecule has 0 atom stereocenters. The van der Waals surface area contributed by atoms with Gasteiger partial charge >= 0.3 is 0 Å². The first-order chi connectivity index (χ1) is 9.27. The SMILES string of the molecule is COCCNCc1cn(CCOCCOC)nc1C. The van der Waals surface area contributed by atoms with E-state index in [-0.39, 0.29) is 0 Å². The number of aryl methyl sites for hydroxylation is 1. The molecule has 0 aromatic carbocycles. The van der Waals surface area contributed by atoms with Crippen molar-refractivity contribution in [2.45, 2.75) is 20.0 Å². The summed E-state index contributed by atoms with van der Waals surface area (Å²) >= 11 is 0. The van der Waals surface area contributed by atoms with Crippen LogP contribution in [0.5, 0.6) is 0 Å². The normalized spacial score (nSPS) is 11.1. The molecule has 0 radical (unpaired) electrons. The van der Waals surface area contributed by atoms with Gasteiger partial charge in [0, 0.05) is 39.1 Å². The first-order valence-electron chi connectivity index (χ1n) is 6.57. The average molecular weight is 271 g/mol. The maximum Gasteiger partial charge on any atom is 0.0701 e. The smallest absolute Gasteiger partial charge is 0.0701 e. The van der Waals surface area contributed by atoms with Crippen LogP contribution in [0.2, 0.25) is 0 Å². The van der Waals surface area contributed by atoms with E-state index in [2.05, 4.69) is 16.6 Å². The van der Waals surface area contributed by atoms with E-state index in [0.717, 1.165) is 31.9 Å². The number of hydrogen-bond donors (Lipinski definition) is 1. The van der Waals surface area contributed by atoms with Crippen LogP contribution < -0.4 is 5.32 Å². The van der Waals surface area contributed by atoms with Crippen LogP contribution >= 0.6 is 0 Å². The molecule has 1 heterocycles. The Bertz CT molecular complexity index is 342. The summed E-state index contributed by atoms with van der Waals surface area (Å²) < 4.78 is 17.3. The average Bonchev–Trinajstić information content (AvgIpc) is 2.75. The predicted molar refractivity (Wildman–Crippen MR) is 73.2 cm³/mol. The molecule has 19 heavy (non-hydrogen) atoms. The van der Waals surface area contributed by atoms with E-state index in [0.29, 0.717) is 19.8 Å². The molecule has 0 fully saturated rings. The topological polar surface area (TPSA) is 57.5 Å². The Morgan fingerprint density at radius 2 is 1.95 bits per heavy atom. The molecule has 0 unspecified atom stereocenters. The lowest BCUT2D eigenvalue weighted by molar-refractivity contribution is 0.0654.